The van der Waals surface area contributed by atoms with Crippen LogP contribution in [0.4, 0.5) is 5.13 Å². The van der Waals surface area contributed by atoms with Crippen LogP contribution in [0.5, 0.6) is 0 Å². The fraction of sp³-hybridized carbons (Fsp3) is 0.444. The molecule has 6 heteroatoms. The van der Waals surface area contributed by atoms with E-state index >= 15 is 0 Å². The summed E-state index contributed by atoms with van der Waals surface area (Å²) in [6, 6.07) is 9.63. The molecule has 0 bridgehead atoms. The number of aliphatic hydroxyl groups is 1. The average Bonchev–Trinajstić information content (AvgIpc) is 3.14. The summed E-state index contributed by atoms with van der Waals surface area (Å²) >= 11 is 1.42. The molecule has 1 fully saturated rings. The van der Waals surface area contributed by atoms with E-state index in [1.54, 1.807) is 6.20 Å². The van der Waals surface area contributed by atoms with E-state index in [1.165, 1.54) is 11.3 Å². The van der Waals surface area contributed by atoms with Crippen molar-refractivity contribution in [2.75, 3.05) is 18.4 Å². The van der Waals surface area contributed by atoms with Crippen molar-refractivity contribution in [2.45, 2.75) is 31.9 Å². The molecule has 1 saturated heterocycles. The minimum absolute atomic E-state index is 0.0213. The predicted octanol–water partition coefficient (Wildman–Crippen LogP) is 2.92. The maximum absolute atomic E-state index is 12.3. The van der Waals surface area contributed by atoms with Crippen molar-refractivity contribution in [3.63, 3.8) is 0 Å². The van der Waals surface area contributed by atoms with Crippen molar-refractivity contribution in [3.8, 4) is 0 Å². The molecule has 2 heterocycles. The summed E-state index contributed by atoms with van der Waals surface area (Å²) in [6.07, 6.45) is 3.05. The highest BCUT2D eigenvalue weighted by molar-refractivity contribution is 7.13. The number of hydrogen-bond acceptors (Lipinski definition) is 5. The largest absolute Gasteiger partial charge is 0.388 e. The molecule has 0 aliphatic carbocycles. The van der Waals surface area contributed by atoms with Gasteiger partial charge in [0.1, 0.15) is 0 Å². The Bertz CT molecular complexity index is 640. The molecule has 2 aromatic rings. The Hall–Kier alpha value is -1.76. The highest BCUT2D eigenvalue weighted by Gasteiger charge is 2.30. The summed E-state index contributed by atoms with van der Waals surface area (Å²) in [5, 5.41) is 15.9. The predicted molar refractivity (Wildman–Crippen MR) is 95.9 cm³/mol. The number of amides is 1. The molecule has 24 heavy (non-hydrogen) atoms. The minimum atomic E-state index is -0.423. The Morgan fingerprint density at radius 2 is 2.04 bits per heavy atom. The second-order valence-corrected chi connectivity index (χ2v) is 7.13. The normalized spacial score (nSPS) is 18.9. The van der Waals surface area contributed by atoms with Gasteiger partial charge in [0.15, 0.2) is 5.13 Å². The Labute approximate surface area is 146 Å². The number of aromatic nitrogens is 1. The Morgan fingerprint density at radius 3 is 2.67 bits per heavy atom. The number of nitrogens with one attached hydrogen (secondary N) is 1. The third-order valence-electron chi connectivity index (χ3n) is 4.75. The molecular formula is C18H23N3O2S. The lowest BCUT2D eigenvalue weighted by molar-refractivity contribution is -0.121. The monoisotopic (exact) mass is 345 g/mol. The molecule has 2 atom stereocenters. The molecule has 128 valence electrons. The van der Waals surface area contributed by atoms with Crippen LogP contribution in [0.3, 0.4) is 0 Å². The van der Waals surface area contributed by atoms with Crippen LogP contribution < -0.4 is 5.32 Å². The molecule has 0 spiro atoms. The Kier molecular flexibility index (Phi) is 5.60. The highest BCUT2D eigenvalue weighted by Crippen LogP contribution is 2.31. The summed E-state index contributed by atoms with van der Waals surface area (Å²) in [7, 11) is 0. The summed E-state index contributed by atoms with van der Waals surface area (Å²) in [4.78, 5) is 18.6. The lowest BCUT2D eigenvalue weighted by Gasteiger charge is -2.37. The van der Waals surface area contributed by atoms with E-state index in [1.807, 2.05) is 42.6 Å². The van der Waals surface area contributed by atoms with E-state index in [0.717, 1.165) is 31.5 Å². The summed E-state index contributed by atoms with van der Waals surface area (Å²) in [5.74, 6) is 0.227. The van der Waals surface area contributed by atoms with E-state index in [0.29, 0.717) is 5.13 Å². The van der Waals surface area contributed by atoms with Crippen molar-refractivity contribution < 1.29 is 9.90 Å². The topological polar surface area (TPSA) is 65.5 Å². The van der Waals surface area contributed by atoms with Crippen LogP contribution in [0.1, 0.15) is 31.4 Å². The number of aliphatic hydroxyl groups excluding tert-OH is 1. The van der Waals surface area contributed by atoms with E-state index in [-0.39, 0.29) is 17.9 Å². The third-order valence-corrected chi connectivity index (χ3v) is 5.44. The molecule has 1 aromatic heterocycles. The van der Waals surface area contributed by atoms with Crippen LogP contribution in [0.15, 0.2) is 41.9 Å². The van der Waals surface area contributed by atoms with Crippen molar-refractivity contribution in [3.05, 3.63) is 47.5 Å². The van der Waals surface area contributed by atoms with Gasteiger partial charge in [-0.1, -0.05) is 30.3 Å². The number of thiazole rings is 1. The molecular weight excluding hydrogens is 322 g/mol. The zero-order valence-electron chi connectivity index (χ0n) is 13.8. The number of likely N-dealkylation sites (tertiary alicyclic amines) is 1. The van der Waals surface area contributed by atoms with E-state index < -0.39 is 6.10 Å². The molecule has 0 unspecified atom stereocenters. The van der Waals surface area contributed by atoms with E-state index in [4.69, 9.17) is 0 Å². The lowest BCUT2D eigenvalue weighted by atomic mass is 9.87. The van der Waals surface area contributed by atoms with Crippen LogP contribution in [-0.2, 0) is 4.79 Å². The molecule has 1 aliphatic heterocycles. The number of rotatable bonds is 5. The molecule has 1 aromatic carbocycles. The number of carbonyl (C=O) groups excluding carboxylic acids is 1. The Balaban J connectivity index is 1.52. The highest BCUT2D eigenvalue weighted by atomic mass is 32.1. The molecule has 1 aliphatic rings. The van der Waals surface area contributed by atoms with Gasteiger partial charge in [-0.25, -0.2) is 4.98 Å². The summed E-state index contributed by atoms with van der Waals surface area (Å²) in [5.41, 5.74) is 0.977. The quantitative estimate of drug-likeness (QED) is 0.874. The van der Waals surface area contributed by atoms with Crippen molar-refractivity contribution in [1.29, 1.82) is 0 Å². The fourth-order valence-corrected chi connectivity index (χ4v) is 3.74. The van der Waals surface area contributed by atoms with Crippen molar-refractivity contribution in [2.24, 2.45) is 5.92 Å². The first kappa shape index (κ1) is 17.1. The van der Waals surface area contributed by atoms with Crippen molar-refractivity contribution in [1.82, 2.24) is 9.88 Å². The second kappa shape index (κ2) is 7.88. The van der Waals surface area contributed by atoms with Gasteiger partial charge in [0.25, 0.3) is 0 Å². The van der Waals surface area contributed by atoms with Crippen LogP contribution in [0, 0.1) is 5.92 Å². The number of anilines is 1. The number of benzene rings is 1. The first-order valence-corrected chi connectivity index (χ1v) is 9.20. The van der Waals surface area contributed by atoms with Gasteiger partial charge in [0.2, 0.25) is 5.91 Å². The smallest absolute Gasteiger partial charge is 0.243 e. The maximum atomic E-state index is 12.3. The zero-order valence-corrected chi connectivity index (χ0v) is 14.6. The van der Waals surface area contributed by atoms with Crippen LogP contribution >= 0.6 is 11.3 Å². The first-order chi connectivity index (χ1) is 11.6. The number of piperidine rings is 1. The second-order valence-electron chi connectivity index (χ2n) is 6.23. The van der Waals surface area contributed by atoms with Gasteiger partial charge >= 0.3 is 0 Å². The van der Waals surface area contributed by atoms with Gasteiger partial charge in [-0.2, -0.15) is 0 Å². The molecule has 3 rings (SSSR count). The average molecular weight is 345 g/mol. The molecule has 1 amide bonds. The minimum Gasteiger partial charge on any atom is -0.388 e. The SMILES string of the molecule is C[C@@H](C(=O)Nc1nccs1)N1CCC([C@@H](O)c2ccccc2)CC1. The van der Waals surface area contributed by atoms with Crippen LogP contribution in [0.2, 0.25) is 0 Å². The number of carbonyl (C=O) groups is 1. The maximum Gasteiger partial charge on any atom is 0.243 e. The lowest BCUT2D eigenvalue weighted by Crippen LogP contribution is -2.46. The molecule has 0 saturated carbocycles. The van der Waals surface area contributed by atoms with E-state index in [2.05, 4.69) is 15.2 Å². The van der Waals surface area contributed by atoms with Crippen LogP contribution in [-0.4, -0.2) is 40.0 Å². The van der Waals surface area contributed by atoms with Gasteiger partial charge < -0.3 is 10.4 Å². The molecule has 5 nitrogen and oxygen atoms in total. The number of nitrogens with zero attached hydrogens (tertiary/aromatic N) is 2. The standard InChI is InChI=1S/C18H23N3O2S/c1-13(17(23)20-18-19-9-12-24-18)21-10-7-15(8-11-21)16(22)14-5-3-2-4-6-14/h2-6,9,12-13,15-16,22H,7-8,10-11H2,1H3,(H,19,20,23)/t13-,16-/m0/s1. The molecule has 0 radical (unpaired) electrons. The van der Waals surface area contributed by atoms with Gasteiger partial charge in [0.05, 0.1) is 12.1 Å². The first-order valence-electron chi connectivity index (χ1n) is 8.32. The summed E-state index contributed by atoms with van der Waals surface area (Å²) in [6.45, 7) is 3.57. The van der Waals surface area contributed by atoms with Crippen LogP contribution in [0.25, 0.3) is 0 Å². The Morgan fingerprint density at radius 1 is 1.33 bits per heavy atom. The van der Waals surface area contributed by atoms with E-state index in [9.17, 15) is 9.90 Å². The third kappa shape index (κ3) is 4.01. The number of hydrogen-bond donors (Lipinski definition) is 2. The zero-order chi connectivity index (χ0) is 16.9. The molecule has 2 N–H and O–H groups in total. The van der Waals surface area contributed by atoms with Crippen molar-refractivity contribution >= 4 is 22.4 Å². The summed E-state index contributed by atoms with van der Waals surface area (Å²) < 4.78 is 0. The van der Waals surface area contributed by atoms with Gasteiger partial charge in [0, 0.05) is 11.6 Å². The fourth-order valence-electron chi connectivity index (χ4n) is 3.21. The van der Waals surface area contributed by atoms with Gasteiger partial charge in [-0.05, 0) is 44.3 Å². The van der Waals surface area contributed by atoms with Gasteiger partial charge in [-0.15, -0.1) is 11.3 Å². The van der Waals surface area contributed by atoms with Gasteiger partial charge in [-0.3, -0.25) is 9.69 Å².